The van der Waals surface area contributed by atoms with Crippen LogP contribution in [0.2, 0.25) is 0 Å². The predicted molar refractivity (Wildman–Crippen MR) is 56.9 cm³/mol. The quantitative estimate of drug-likeness (QED) is 0.661. The molecule has 4 nitrogen and oxygen atoms in total. The molecule has 0 aromatic rings. The van der Waals surface area contributed by atoms with Crippen molar-refractivity contribution in [3.8, 4) is 0 Å². The van der Waals surface area contributed by atoms with E-state index in [1.807, 2.05) is 6.92 Å². The average molecular weight is 199 g/mol. The molecule has 0 bridgehead atoms. The third-order valence-electron chi connectivity index (χ3n) is 2.46. The molecule has 1 amide bonds. The van der Waals surface area contributed by atoms with E-state index in [0.717, 1.165) is 13.1 Å². The van der Waals surface area contributed by atoms with E-state index in [1.54, 1.807) is 0 Å². The summed E-state index contributed by atoms with van der Waals surface area (Å²) < 4.78 is 0. The Morgan fingerprint density at radius 2 is 2.29 bits per heavy atom. The number of piperazine rings is 1. The van der Waals surface area contributed by atoms with E-state index in [9.17, 15) is 4.79 Å². The molecule has 2 unspecified atom stereocenters. The molecule has 1 rings (SSSR count). The number of nitrogens with zero attached hydrogens (tertiary/aromatic N) is 1. The van der Waals surface area contributed by atoms with Crippen molar-refractivity contribution in [3.05, 3.63) is 0 Å². The van der Waals surface area contributed by atoms with Gasteiger partial charge in [-0.2, -0.15) is 0 Å². The summed E-state index contributed by atoms with van der Waals surface area (Å²) in [5.74, 6) is 0.647. The van der Waals surface area contributed by atoms with Gasteiger partial charge in [-0.3, -0.25) is 9.69 Å². The van der Waals surface area contributed by atoms with Crippen LogP contribution in [0.25, 0.3) is 0 Å². The number of rotatable bonds is 3. The number of carbonyl (C=O) groups excluding carboxylic acids is 1. The first-order valence-corrected chi connectivity index (χ1v) is 5.29. The Hall–Kier alpha value is -0.610. The molecule has 82 valence electrons. The average Bonchev–Trinajstić information content (AvgIpc) is 2.01. The Morgan fingerprint density at radius 3 is 2.79 bits per heavy atom. The molecular formula is C10H21N3O. The molecule has 1 fully saturated rings. The Kier molecular flexibility index (Phi) is 3.89. The third kappa shape index (κ3) is 2.69. The lowest BCUT2D eigenvalue weighted by Crippen LogP contribution is -2.62. The van der Waals surface area contributed by atoms with E-state index in [0.29, 0.717) is 12.5 Å². The van der Waals surface area contributed by atoms with Gasteiger partial charge < -0.3 is 11.1 Å². The minimum atomic E-state index is -0.131. The van der Waals surface area contributed by atoms with E-state index in [1.165, 1.54) is 0 Å². The maximum atomic E-state index is 11.6. The minimum absolute atomic E-state index is 0.0758. The highest BCUT2D eigenvalue weighted by Crippen LogP contribution is 2.10. The summed E-state index contributed by atoms with van der Waals surface area (Å²) >= 11 is 0. The van der Waals surface area contributed by atoms with Crippen LogP contribution in [0.4, 0.5) is 0 Å². The molecular weight excluding hydrogens is 178 g/mol. The van der Waals surface area contributed by atoms with Gasteiger partial charge >= 0.3 is 0 Å². The predicted octanol–water partition coefficient (Wildman–Crippen LogP) is -0.210. The van der Waals surface area contributed by atoms with Crippen LogP contribution in [0.5, 0.6) is 0 Å². The van der Waals surface area contributed by atoms with Crippen molar-refractivity contribution in [2.75, 3.05) is 19.6 Å². The van der Waals surface area contributed by atoms with Crippen molar-refractivity contribution in [3.63, 3.8) is 0 Å². The highest BCUT2D eigenvalue weighted by atomic mass is 16.2. The van der Waals surface area contributed by atoms with E-state index in [-0.39, 0.29) is 18.0 Å². The minimum Gasteiger partial charge on any atom is -0.351 e. The van der Waals surface area contributed by atoms with Crippen LogP contribution in [-0.2, 0) is 4.79 Å². The largest absolute Gasteiger partial charge is 0.351 e. The molecule has 14 heavy (non-hydrogen) atoms. The SMILES string of the molecule is CC(C)CN1CC(C)NC(=O)C1CN. The van der Waals surface area contributed by atoms with Crippen LogP contribution in [0, 0.1) is 5.92 Å². The van der Waals surface area contributed by atoms with Gasteiger partial charge in [0.1, 0.15) is 6.04 Å². The molecule has 1 aliphatic rings. The van der Waals surface area contributed by atoms with Gasteiger partial charge in [-0.25, -0.2) is 0 Å². The van der Waals surface area contributed by atoms with Crippen molar-refractivity contribution in [2.24, 2.45) is 11.7 Å². The Labute approximate surface area is 85.8 Å². The highest BCUT2D eigenvalue weighted by molar-refractivity contribution is 5.83. The molecule has 0 aromatic heterocycles. The Bertz CT molecular complexity index is 204. The molecule has 0 radical (unpaired) electrons. The van der Waals surface area contributed by atoms with Gasteiger partial charge in [0.05, 0.1) is 0 Å². The van der Waals surface area contributed by atoms with Gasteiger partial charge in [-0.05, 0) is 12.8 Å². The maximum Gasteiger partial charge on any atom is 0.238 e. The molecule has 1 heterocycles. The third-order valence-corrected chi connectivity index (χ3v) is 2.46. The van der Waals surface area contributed by atoms with Gasteiger partial charge in [0.15, 0.2) is 0 Å². The van der Waals surface area contributed by atoms with Gasteiger partial charge in [0, 0.05) is 25.7 Å². The van der Waals surface area contributed by atoms with Crippen LogP contribution >= 0.6 is 0 Å². The molecule has 2 atom stereocenters. The van der Waals surface area contributed by atoms with Crippen molar-refractivity contribution in [1.29, 1.82) is 0 Å². The van der Waals surface area contributed by atoms with Crippen LogP contribution in [0.3, 0.4) is 0 Å². The Morgan fingerprint density at radius 1 is 1.64 bits per heavy atom. The lowest BCUT2D eigenvalue weighted by atomic mass is 10.1. The van der Waals surface area contributed by atoms with E-state index >= 15 is 0 Å². The lowest BCUT2D eigenvalue weighted by molar-refractivity contribution is -0.130. The van der Waals surface area contributed by atoms with E-state index in [4.69, 9.17) is 5.73 Å². The fourth-order valence-electron chi connectivity index (χ4n) is 1.96. The smallest absolute Gasteiger partial charge is 0.238 e. The molecule has 0 aromatic carbocycles. The van der Waals surface area contributed by atoms with Crippen molar-refractivity contribution < 1.29 is 4.79 Å². The second-order valence-corrected chi connectivity index (χ2v) is 4.51. The molecule has 0 aliphatic carbocycles. The molecule has 0 spiro atoms. The number of nitrogens with one attached hydrogen (secondary N) is 1. The number of amides is 1. The molecule has 1 aliphatic heterocycles. The number of hydrogen-bond acceptors (Lipinski definition) is 3. The van der Waals surface area contributed by atoms with Gasteiger partial charge in [-0.1, -0.05) is 13.8 Å². The first kappa shape index (κ1) is 11.5. The summed E-state index contributed by atoms with van der Waals surface area (Å²) in [5.41, 5.74) is 5.60. The number of hydrogen-bond donors (Lipinski definition) is 2. The molecule has 1 saturated heterocycles. The monoisotopic (exact) mass is 199 g/mol. The summed E-state index contributed by atoms with van der Waals surface area (Å²) in [6.07, 6.45) is 0. The lowest BCUT2D eigenvalue weighted by Gasteiger charge is -2.38. The maximum absolute atomic E-state index is 11.6. The van der Waals surface area contributed by atoms with Crippen LogP contribution < -0.4 is 11.1 Å². The molecule has 4 heteroatoms. The molecule has 0 saturated carbocycles. The summed E-state index contributed by atoms with van der Waals surface area (Å²) in [5, 5.41) is 2.92. The summed E-state index contributed by atoms with van der Waals surface area (Å²) in [6.45, 7) is 8.60. The first-order valence-electron chi connectivity index (χ1n) is 5.29. The van der Waals surface area contributed by atoms with Gasteiger partial charge in [0.25, 0.3) is 0 Å². The summed E-state index contributed by atoms with van der Waals surface area (Å²) in [4.78, 5) is 13.8. The Balaban J connectivity index is 2.63. The summed E-state index contributed by atoms with van der Waals surface area (Å²) in [7, 11) is 0. The van der Waals surface area contributed by atoms with Crippen LogP contribution in [-0.4, -0.2) is 42.5 Å². The second-order valence-electron chi connectivity index (χ2n) is 4.51. The standard InChI is InChI=1S/C10H21N3O/c1-7(2)5-13-6-8(3)12-10(14)9(13)4-11/h7-9H,4-6,11H2,1-3H3,(H,12,14). The highest BCUT2D eigenvalue weighted by Gasteiger charge is 2.31. The zero-order valence-corrected chi connectivity index (χ0v) is 9.29. The fourth-order valence-corrected chi connectivity index (χ4v) is 1.96. The van der Waals surface area contributed by atoms with E-state index < -0.39 is 0 Å². The zero-order valence-electron chi connectivity index (χ0n) is 9.29. The van der Waals surface area contributed by atoms with Gasteiger partial charge in [0.2, 0.25) is 5.91 Å². The summed E-state index contributed by atoms with van der Waals surface area (Å²) in [6, 6.07) is 0.109. The number of nitrogens with two attached hydrogens (primary N) is 1. The van der Waals surface area contributed by atoms with Crippen LogP contribution in [0.1, 0.15) is 20.8 Å². The zero-order chi connectivity index (χ0) is 10.7. The van der Waals surface area contributed by atoms with Gasteiger partial charge in [-0.15, -0.1) is 0 Å². The normalized spacial score (nSPS) is 29.4. The first-order chi connectivity index (χ1) is 6.54. The van der Waals surface area contributed by atoms with Crippen molar-refractivity contribution >= 4 is 5.91 Å². The van der Waals surface area contributed by atoms with Crippen molar-refractivity contribution in [2.45, 2.75) is 32.9 Å². The molecule has 3 N–H and O–H groups in total. The number of carbonyl (C=O) groups is 1. The topological polar surface area (TPSA) is 58.4 Å². The second kappa shape index (κ2) is 4.75. The van der Waals surface area contributed by atoms with Crippen LogP contribution in [0.15, 0.2) is 0 Å². The van der Waals surface area contributed by atoms with E-state index in [2.05, 4.69) is 24.1 Å². The van der Waals surface area contributed by atoms with Crippen molar-refractivity contribution in [1.82, 2.24) is 10.2 Å². The fraction of sp³-hybridized carbons (Fsp3) is 0.900.